The van der Waals surface area contributed by atoms with Crippen LogP contribution in [-0.2, 0) is 8.85 Å². The second-order valence-electron chi connectivity index (χ2n) is 14.5. The van der Waals surface area contributed by atoms with Gasteiger partial charge in [0.2, 0.25) is 16.6 Å². The lowest BCUT2D eigenvalue weighted by molar-refractivity contribution is 0.354. The Morgan fingerprint density at radius 1 is 0.585 bits per heavy atom. The molecule has 2 saturated carbocycles. The van der Waals surface area contributed by atoms with E-state index in [4.69, 9.17) is 8.85 Å². The number of fused-ring (bicyclic) bond motifs is 2. The maximum Gasteiger partial charge on any atom is 0.247 e. The van der Waals surface area contributed by atoms with Crippen LogP contribution in [0, 0.1) is 0 Å². The summed E-state index contributed by atoms with van der Waals surface area (Å²) in [6.45, 7) is 9.96. The third-order valence-corrected chi connectivity index (χ3v) is 19.5. The molecule has 0 spiro atoms. The molecule has 2 unspecified atom stereocenters. The van der Waals surface area contributed by atoms with Gasteiger partial charge in [0.15, 0.2) is 0 Å². The number of allylic oxidation sites excluding steroid dienone is 2. The average molecular weight is 601 g/mol. The Morgan fingerprint density at radius 3 is 1.39 bits per heavy atom. The lowest BCUT2D eigenvalue weighted by Gasteiger charge is -2.37. The fourth-order valence-corrected chi connectivity index (χ4v) is 16.2. The van der Waals surface area contributed by atoms with Crippen LogP contribution in [0.3, 0.4) is 0 Å². The topological polar surface area (TPSA) is 18.5 Å². The van der Waals surface area contributed by atoms with E-state index in [-0.39, 0.29) is 9.52 Å². The quantitative estimate of drug-likeness (QED) is 0.253. The van der Waals surface area contributed by atoms with Gasteiger partial charge in [-0.15, -0.1) is 0 Å². The van der Waals surface area contributed by atoms with Gasteiger partial charge in [0.1, 0.15) is 0 Å². The largest absolute Gasteiger partial charge is 0.546 e. The van der Waals surface area contributed by atoms with E-state index >= 15 is 0 Å². The van der Waals surface area contributed by atoms with E-state index in [1.807, 2.05) is 0 Å². The van der Waals surface area contributed by atoms with E-state index in [1.165, 1.54) is 110 Å². The molecule has 2 nitrogen and oxygen atoms in total. The second-order valence-corrected chi connectivity index (χ2v) is 24.8. The molecule has 2 atom stereocenters. The second kappa shape index (κ2) is 12.4. The summed E-state index contributed by atoms with van der Waals surface area (Å²) in [5, 5.41) is 0. The standard InChI is InChI=1S/C36H52O2Si3/c1-40(2,29-17-7-5-8-18-29)37-35-23-27-15-11-13-21-31(27)33(35)25-39-26-34-32-22-14-12-16-28(32)24-36(34)38-41(3,4)30-19-9-6-10-20-30/h11-16,21-24,29-30,33-34H,5-10,17-20,25-26,39H2,1-4H3. The molecule has 0 aliphatic heterocycles. The van der Waals surface area contributed by atoms with Crippen LogP contribution in [0.25, 0.3) is 12.2 Å². The Bertz CT molecular complexity index is 1170. The highest BCUT2D eigenvalue weighted by atomic mass is 28.4. The molecule has 220 valence electrons. The average Bonchev–Trinajstić information content (AvgIpc) is 3.50. The summed E-state index contributed by atoms with van der Waals surface area (Å²) >= 11 is 0. The van der Waals surface area contributed by atoms with Gasteiger partial charge in [0, 0.05) is 21.4 Å². The summed E-state index contributed by atoms with van der Waals surface area (Å²) in [4.78, 5) is 0. The SMILES string of the molecule is C[Si](C)(OC1=Cc2ccccc2C1C[SiH2]CC1C(O[Si](C)(C)C2CCCCC2)=Cc2ccccc21)C1CCCCC1. The van der Waals surface area contributed by atoms with Crippen molar-refractivity contribution in [1.29, 1.82) is 0 Å². The van der Waals surface area contributed by atoms with Crippen LogP contribution in [0.15, 0.2) is 60.0 Å². The Hall–Kier alpha value is -1.83. The summed E-state index contributed by atoms with van der Waals surface area (Å²) in [5.41, 5.74) is 7.41. The molecule has 0 N–H and O–H groups in total. The lowest BCUT2D eigenvalue weighted by Crippen LogP contribution is -2.38. The van der Waals surface area contributed by atoms with E-state index in [1.54, 1.807) is 0 Å². The summed E-state index contributed by atoms with van der Waals surface area (Å²) in [6.07, 6.45) is 18.7. The smallest absolute Gasteiger partial charge is 0.247 e. The molecule has 0 radical (unpaired) electrons. The molecule has 0 amide bonds. The van der Waals surface area contributed by atoms with Crippen LogP contribution in [0.4, 0.5) is 0 Å². The predicted molar refractivity (Wildman–Crippen MR) is 183 cm³/mol. The third-order valence-electron chi connectivity index (χ3n) is 10.9. The zero-order chi connectivity index (χ0) is 28.5. The molecule has 2 aromatic rings. The van der Waals surface area contributed by atoms with Crippen molar-refractivity contribution in [2.24, 2.45) is 0 Å². The summed E-state index contributed by atoms with van der Waals surface area (Å²) < 4.78 is 14.3. The Morgan fingerprint density at radius 2 is 0.976 bits per heavy atom. The number of rotatable bonds is 10. The maximum atomic E-state index is 7.16. The highest BCUT2D eigenvalue weighted by Gasteiger charge is 2.41. The number of hydrogen-bond donors (Lipinski definition) is 0. The van der Waals surface area contributed by atoms with Gasteiger partial charge in [0.05, 0.1) is 11.5 Å². The van der Waals surface area contributed by atoms with Crippen LogP contribution < -0.4 is 0 Å². The minimum atomic E-state index is -1.79. The van der Waals surface area contributed by atoms with Gasteiger partial charge in [-0.1, -0.05) is 87.1 Å². The molecule has 41 heavy (non-hydrogen) atoms. The van der Waals surface area contributed by atoms with Crippen LogP contribution in [0.5, 0.6) is 0 Å². The van der Waals surface area contributed by atoms with Crippen LogP contribution in [0.2, 0.25) is 49.4 Å². The normalized spacial score (nSPS) is 23.8. The summed E-state index contributed by atoms with van der Waals surface area (Å²) in [7, 11) is -3.94. The van der Waals surface area contributed by atoms with Gasteiger partial charge in [-0.3, -0.25) is 0 Å². The van der Waals surface area contributed by atoms with Gasteiger partial charge in [0.25, 0.3) is 0 Å². The highest BCUT2D eigenvalue weighted by molar-refractivity contribution is 6.73. The monoisotopic (exact) mass is 600 g/mol. The molecule has 2 aromatic carbocycles. The molecule has 0 heterocycles. The minimum absolute atomic E-state index is 0.353. The first-order valence-corrected chi connectivity index (χ1v) is 24.8. The maximum absolute atomic E-state index is 7.16. The van der Waals surface area contributed by atoms with E-state index < -0.39 is 16.6 Å². The van der Waals surface area contributed by atoms with Crippen molar-refractivity contribution in [3.8, 4) is 0 Å². The Labute approximate surface area is 254 Å². The van der Waals surface area contributed by atoms with E-state index in [2.05, 4.69) is 86.9 Å². The lowest BCUT2D eigenvalue weighted by atomic mass is 10.0. The van der Waals surface area contributed by atoms with Crippen molar-refractivity contribution >= 4 is 38.3 Å². The zero-order valence-corrected chi connectivity index (χ0v) is 29.5. The van der Waals surface area contributed by atoms with Gasteiger partial charge >= 0.3 is 0 Å². The first kappa shape index (κ1) is 29.3. The molecule has 6 rings (SSSR count). The molecule has 4 aliphatic rings. The molecule has 2 fully saturated rings. The van der Waals surface area contributed by atoms with Crippen LogP contribution in [0.1, 0.15) is 98.3 Å². The summed E-state index contributed by atoms with van der Waals surface area (Å²) in [6, 6.07) is 20.8. The predicted octanol–water partition coefficient (Wildman–Crippen LogP) is 10.4. The van der Waals surface area contributed by atoms with E-state index in [9.17, 15) is 0 Å². The Balaban J connectivity index is 1.16. The minimum Gasteiger partial charge on any atom is -0.546 e. The number of hydrogen-bond acceptors (Lipinski definition) is 2. The van der Waals surface area contributed by atoms with Crippen LogP contribution in [-0.4, -0.2) is 26.2 Å². The highest BCUT2D eigenvalue weighted by Crippen LogP contribution is 2.47. The van der Waals surface area contributed by atoms with Gasteiger partial charge in [-0.05, 0) is 109 Å². The van der Waals surface area contributed by atoms with Crippen molar-refractivity contribution < 1.29 is 8.85 Å². The van der Waals surface area contributed by atoms with Crippen molar-refractivity contribution in [1.82, 2.24) is 0 Å². The molecular weight excluding hydrogens is 549 g/mol. The van der Waals surface area contributed by atoms with Gasteiger partial charge < -0.3 is 8.85 Å². The number of benzene rings is 2. The zero-order valence-electron chi connectivity index (χ0n) is 26.1. The molecule has 0 saturated heterocycles. The van der Waals surface area contributed by atoms with E-state index in [0.717, 1.165) is 11.1 Å². The molecular formula is C36H52O2Si3. The first-order chi connectivity index (χ1) is 19.8. The van der Waals surface area contributed by atoms with Crippen molar-refractivity contribution in [2.75, 3.05) is 0 Å². The molecule has 0 aromatic heterocycles. The fourth-order valence-electron chi connectivity index (χ4n) is 8.43. The summed E-state index contributed by atoms with van der Waals surface area (Å²) in [5.74, 6) is 3.49. The molecule has 4 aliphatic carbocycles. The van der Waals surface area contributed by atoms with Crippen LogP contribution >= 0.6 is 0 Å². The van der Waals surface area contributed by atoms with Gasteiger partial charge in [-0.2, -0.15) is 0 Å². The van der Waals surface area contributed by atoms with Crippen molar-refractivity contribution in [3.63, 3.8) is 0 Å². The first-order valence-electron chi connectivity index (χ1n) is 16.8. The molecule has 0 bridgehead atoms. The molecule has 5 heteroatoms. The van der Waals surface area contributed by atoms with Gasteiger partial charge in [-0.25, -0.2) is 0 Å². The fraction of sp³-hybridized carbons (Fsp3) is 0.556. The third kappa shape index (κ3) is 6.42. The van der Waals surface area contributed by atoms with Crippen molar-refractivity contribution in [2.45, 2.75) is 125 Å². The Kier molecular flexibility index (Phi) is 8.86. The van der Waals surface area contributed by atoms with Crippen molar-refractivity contribution in [3.05, 3.63) is 82.3 Å². The van der Waals surface area contributed by atoms with E-state index in [0.29, 0.717) is 11.8 Å².